The van der Waals surface area contributed by atoms with Gasteiger partial charge in [-0.3, -0.25) is 0 Å². The zero-order valence-corrected chi connectivity index (χ0v) is 38.4. The van der Waals surface area contributed by atoms with Gasteiger partial charge in [0.15, 0.2) is 23.1 Å². The summed E-state index contributed by atoms with van der Waals surface area (Å²) in [4.78, 5) is 0. The Balaban J connectivity index is 0.829. The van der Waals surface area contributed by atoms with Gasteiger partial charge in [0.2, 0.25) is 11.6 Å². The minimum absolute atomic E-state index is 0.0353. The summed E-state index contributed by atoms with van der Waals surface area (Å²) in [5, 5.41) is 0. The van der Waals surface area contributed by atoms with Crippen LogP contribution in [0.3, 0.4) is 0 Å². The molecule has 0 radical (unpaired) electrons. The van der Waals surface area contributed by atoms with E-state index in [1.54, 1.807) is 24.3 Å². The Hall–Kier alpha value is -4.58. The first-order valence-corrected chi connectivity index (χ1v) is 24.8. The predicted octanol–water partition coefficient (Wildman–Crippen LogP) is 17.3. The van der Waals surface area contributed by atoms with Gasteiger partial charge in [-0.2, -0.15) is 8.78 Å². The molecule has 0 amide bonds. The zero-order chi connectivity index (χ0) is 44.7. The summed E-state index contributed by atoms with van der Waals surface area (Å²) in [5.41, 5.74) is 8.47. The molecule has 2 saturated carbocycles. The Morgan fingerprint density at radius 1 is 0.422 bits per heavy atom. The standard InChI is InChI=1S/C58H70F4O2/c1-3-5-7-9-38-63-53-36-34-51(55(59)57(53)61)47-30-22-43(23-31-47)16-14-41-18-26-45(27-19-41)49-12-11-13-50(40-49)46-28-20-42(21-29-46)15-17-44-24-32-48(33-25-44)52-35-37-54(58(62)56(52)60)64-39-10-8-6-4-2/h11-13,18-21,26-29,34-37,40,43-44,47-48H,3-10,14-17,22-25,30-33,38-39H2,1-2H3. The van der Waals surface area contributed by atoms with Crippen molar-refractivity contribution in [2.45, 2.75) is 154 Å². The first kappa shape index (κ1) is 47.4. The van der Waals surface area contributed by atoms with E-state index in [2.05, 4.69) is 86.6 Å². The minimum Gasteiger partial charge on any atom is -0.490 e. The van der Waals surface area contributed by atoms with E-state index in [1.165, 1.54) is 33.4 Å². The van der Waals surface area contributed by atoms with Crippen LogP contribution in [0.5, 0.6) is 11.5 Å². The van der Waals surface area contributed by atoms with Crippen molar-refractivity contribution in [2.24, 2.45) is 11.8 Å². The molecule has 0 spiro atoms. The molecule has 2 fully saturated rings. The Kier molecular flexibility index (Phi) is 17.8. The molecule has 0 bridgehead atoms. The molecule has 2 nitrogen and oxygen atoms in total. The van der Waals surface area contributed by atoms with Crippen molar-refractivity contribution in [3.63, 3.8) is 0 Å². The highest BCUT2D eigenvalue weighted by Gasteiger charge is 2.28. The van der Waals surface area contributed by atoms with E-state index < -0.39 is 23.3 Å². The summed E-state index contributed by atoms with van der Waals surface area (Å²) >= 11 is 0. The topological polar surface area (TPSA) is 18.5 Å². The van der Waals surface area contributed by atoms with Gasteiger partial charge in [-0.25, -0.2) is 8.78 Å². The van der Waals surface area contributed by atoms with E-state index in [0.29, 0.717) is 36.2 Å². The molecule has 0 atom stereocenters. The predicted molar refractivity (Wildman–Crippen MR) is 255 cm³/mol. The third-order valence-corrected chi connectivity index (χ3v) is 14.4. The Bertz CT molecular complexity index is 2030. The van der Waals surface area contributed by atoms with Crippen molar-refractivity contribution in [3.05, 3.63) is 143 Å². The molecule has 2 aliphatic carbocycles. The lowest BCUT2D eigenvalue weighted by atomic mass is 9.76. The molecular formula is C58H70F4O2. The van der Waals surface area contributed by atoms with E-state index >= 15 is 8.78 Å². The smallest absolute Gasteiger partial charge is 0.200 e. The fourth-order valence-electron chi connectivity index (χ4n) is 10.2. The average Bonchev–Trinajstić information content (AvgIpc) is 3.33. The third-order valence-electron chi connectivity index (χ3n) is 14.4. The van der Waals surface area contributed by atoms with Crippen LogP contribution >= 0.6 is 0 Å². The summed E-state index contributed by atoms with van der Waals surface area (Å²) in [6.45, 7) is 5.13. The van der Waals surface area contributed by atoms with Gasteiger partial charge in [-0.15, -0.1) is 0 Å². The third kappa shape index (κ3) is 12.8. The van der Waals surface area contributed by atoms with Crippen molar-refractivity contribution in [1.29, 1.82) is 0 Å². The van der Waals surface area contributed by atoms with Gasteiger partial charge in [0, 0.05) is 0 Å². The molecule has 64 heavy (non-hydrogen) atoms. The molecule has 2 aliphatic rings. The van der Waals surface area contributed by atoms with Crippen LogP contribution in [0, 0.1) is 35.1 Å². The summed E-state index contributed by atoms with van der Waals surface area (Å²) in [6.07, 6.45) is 20.2. The molecule has 6 heteroatoms. The first-order valence-electron chi connectivity index (χ1n) is 24.8. The van der Waals surface area contributed by atoms with Gasteiger partial charge in [-0.1, -0.05) is 131 Å². The van der Waals surface area contributed by atoms with E-state index in [1.807, 2.05) is 0 Å². The molecular weight excluding hydrogens is 805 g/mol. The molecule has 0 aliphatic heterocycles. The largest absolute Gasteiger partial charge is 0.490 e. The molecule has 5 aromatic rings. The van der Waals surface area contributed by atoms with Crippen LogP contribution in [-0.4, -0.2) is 13.2 Å². The highest BCUT2D eigenvalue weighted by molar-refractivity contribution is 5.73. The maximum Gasteiger partial charge on any atom is 0.200 e. The number of hydrogen-bond donors (Lipinski definition) is 0. The van der Waals surface area contributed by atoms with Crippen LogP contribution < -0.4 is 9.47 Å². The summed E-state index contributed by atoms with van der Waals surface area (Å²) in [6, 6.07) is 33.4. The second-order valence-electron chi connectivity index (χ2n) is 18.9. The van der Waals surface area contributed by atoms with E-state index in [0.717, 1.165) is 128 Å². The van der Waals surface area contributed by atoms with Gasteiger partial charge < -0.3 is 9.47 Å². The monoisotopic (exact) mass is 875 g/mol. The average molecular weight is 875 g/mol. The van der Waals surface area contributed by atoms with Crippen LogP contribution in [0.1, 0.15) is 164 Å². The number of benzene rings is 5. The number of aryl methyl sites for hydroxylation is 2. The molecule has 0 heterocycles. The van der Waals surface area contributed by atoms with E-state index in [4.69, 9.17) is 9.47 Å². The normalized spacial score (nSPS) is 18.8. The SMILES string of the molecule is CCCCCCOc1ccc(C2CCC(CCc3ccc(-c4cccc(-c5ccc(CCC6CCC(c7ccc(OCCCCCC)c(F)c7F)CC6)cc5)c4)cc3)CC2)c(F)c1F. The summed E-state index contributed by atoms with van der Waals surface area (Å²) in [5.74, 6) is -1.75. The molecule has 0 N–H and O–H groups in total. The van der Waals surface area contributed by atoms with Crippen LogP contribution in [0.4, 0.5) is 17.6 Å². The van der Waals surface area contributed by atoms with Gasteiger partial charge in [0.1, 0.15) is 0 Å². The van der Waals surface area contributed by atoms with E-state index in [9.17, 15) is 8.78 Å². The highest BCUT2D eigenvalue weighted by Crippen LogP contribution is 2.42. The Labute approximate surface area is 381 Å². The van der Waals surface area contributed by atoms with Crippen LogP contribution in [0.15, 0.2) is 97.1 Å². The van der Waals surface area contributed by atoms with Gasteiger partial charge in [0.05, 0.1) is 13.2 Å². The Morgan fingerprint density at radius 3 is 1.22 bits per heavy atom. The number of halogens is 4. The lowest BCUT2D eigenvalue weighted by Gasteiger charge is -2.29. The van der Waals surface area contributed by atoms with Crippen molar-refractivity contribution >= 4 is 0 Å². The minimum atomic E-state index is -0.837. The van der Waals surface area contributed by atoms with Crippen molar-refractivity contribution in [1.82, 2.24) is 0 Å². The van der Waals surface area contributed by atoms with Crippen molar-refractivity contribution in [2.75, 3.05) is 13.2 Å². The second-order valence-corrected chi connectivity index (χ2v) is 18.9. The number of rotatable bonds is 22. The quantitative estimate of drug-likeness (QED) is 0.0509. The van der Waals surface area contributed by atoms with Crippen LogP contribution in [0.2, 0.25) is 0 Å². The van der Waals surface area contributed by atoms with Crippen molar-refractivity contribution in [3.8, 4) is 33.8 Å². The fraction of sp³-hybridized carbons (Fsp3) is 0.483. The second kappa shape index (κ2) is 24.1. The maximum absolute atomic E-state index is 15.1. The number of unbranched alkanes of at least 4 members (excludes halogenated alkanes) is 6. The molecule has 0 aromatic heterocycles. The first-order chi connectivity index (χ1) is 31.3. The molecule has 0 unspecified atom stereocenters. The number of hydrogen-bond acceptors (Lipinski definition) is 2. The molecule has 5 aromatic carbocycles. The zero-order valence-electron chi connectivity index (χ0n) is 38.4. The summed E-state index contributed by atoms with van der Waals surface area (Å²) < 4.78 is 71.2. The molecule has 7 rings (SSSR count). The lowest BCUT2D eigenvalue weighted by molar-refractivity contribution is 0.280. The number of ether oxygens (including phenoxy) is 2. The molecule has 0 saturated heterocycles. The van der Waals surface area contributed by atoms with Crippen molar-refractivity contribution < 1.29 is 27.0 Å². The highest BCUT2D eigenvalue weighted by atomic mass is 19.2. The van der Waals surface area contributed by atoms with Gasteiger partial charge in [0.25, 0.3) is 0 Å². The summed E-state index contributed by atoms with van der Waals surface area (Å²) in [7, 11) is 0. The molecule has 342 valence electrons. The van der Waals surface area contributed by atoms with Gasteiger partial charge >= 0.3 is 0 Å². The van der Waals surface area contributed by atoms with Crippen LogP contribution in [0.25, 0.3) is 22.3 Å². The van der Waals surface area contributed by atoms with E-state index in [-0.39, 0.29) is 23.3 Å². The fourth-order valence-corrected chi connectivity index (χ4v) is 10.2. The Morgan fingerprint density at radius 2 is 0.828 bits per heavy atom. The lowest BCUT2D eigenvalue weighted by Crippen LogP contribution is -2.15. The van der Waals surface area contributed by atoms with Gasteiger partial charge in [-0.05, 0) is 176 Å². The maximum atomic E-state index is 15.1. The van der Waals surface area contributed by atoms with Crippen LogP contribution in [-0.2, 0) is 12.8 Å².